The predicted octanol–water partition coefficient (Wildman–Crippen LogP) is 2.47. The van der Waals surface area contributed by atoms with E-state index in [0.29, 0.717) is 5.89 Å². The molecule has 106 valence electrons. The van der Waals surface area contributed by atoms with Crippen molar-refractivity contribution in [1.29, 1.82) is 0 Å². The Morgan fingerprint density at radius 1 is 1.30 bits per heavy atom. The zero-order valence-corrected chi connectivity index (χ0v) is 11.9. The summed E-state index contributed by atoms with van der Waals surface area (Å²) in [5.41, 5.74) is 2.03. The van der Waals surface area contributed by atoms with E-state index in [-0.39, 0.29) is 0 Å². The summed E-state index contributed by atoms with van der Waals surface area (Å²) >= 11 is 0. The fourth-order valence-corrected chi connectivity index (χ4v) is 2.62. The molecule has 1 aliphatic rings. The number of nitrogens with zero attached hydrogens (tertiary/aromatic N) is 4. The minimum absolute atomic E-state index is 0.576. The third-order valence-corrected chi connectivity index (χ3v) is 3.81. The lowest BCUT2D eigenvalue weighted by atomic mass is 10.1. The van der Waals surface area contributed by atoms with E-state index in [4.69, 9.17) is 4.52 Å². The molecule has 0 amide bonds. The van der Waals surface area contributed by atoms with Crippen molar-refractivity contribution in [3.8, 4) is 11.5 Å². The first-order valence-electron chi connectivity index (χ1n) is 7.29. The van der Waals surface area contributed by atoms with E-state index in [0.717, 1.165) is 36.3 Å². The molecule has 0 aromatic carbocycles. The molecule has 0 spiro atoms. The first-order valence-corrected chi connectivity index (χ1v) is 7.29. The third kappa shape index (κ3) is 3.04. The van der Waals surface area contributed by atoms with Crippen LogP contribution >= 0.6 is 0 Å². The molecule has 0 aliphatic carbocycles. The van der Waals surface area contributed by atoms with Gasteiger partial charge in [0.15, 0.2) is 5.82 Å². The van der Waals surface area contributed by atoms with Crippen LogP contribution in [0.2, 0.25) is 0 Å². The van der Waals surface area contributed by atoms with E-state index in [1.165, 1.54) is 25.9 Å². The Labute approximate surface area is 119 Å². The lowest BCUT2D eigenvalue weighted by Crippen LogP contribution is -2.20. The SMILES string of the molecule is Cc1ccncc1-c1nc(CCCN2CCCC2)no1. The van der Waals surface area contributed by atoms with Gasteiger partial charge in [-0.3, -0.25) is 4.98 Å². The minimum Gasteiger partial charge on any atom is -0.334 e. The van der Waals surface area contributed by atoms with Crippen LogP contribution in [0.5, 0.6) is 0 Å². The van der Waals surface area contributed by atoms with Gasteiger partial charge >= 0.3 is 0 Å². The number of likely N-dealkylation sites (tertiary alicyclic amines) is 1. The highest BCUT2D eigenvalue weighted by atomic mass is 16.5. The van der Waals surface area contributed by atoms with E-state index in [2.05, 4.69) is 20.0 Å². The second-order valence-corrected chi connectivity index (χ2v) is 5.36. The van der Waals surface area contributed by atoms with Crippen LogP contribution in [-0.4, -0.2) is 39.7 Å². The summed E-state index contributed by atoms with van der Waals surface area (Å²) in [7, 11) is 0. The van der Waals surface area contributed by atoms with Gasteiger partial charge in [-0.15, -0.1) is 0 Å². The fraction of sp³-hybridized carbons (Fsp3) is 0.533. The maximum atomic E-state index is 5.34. The first-order chi connectivity index (χ1) is 9.83. The largest absolute Gasteiger partial charge is 0.334 e. The van der Waals surface area contributed by atoms with Crippen molar-refractivity contribution in [1.82, 2.24) is 20.0 Å². The smallest absolute Gasteiger partial charge is 0.259 e. The Kier molecular flexibility index (Phi) is 4.06. The molecule has 1 fully saturated rings. The van der Waals surface area contributed by atoms with Crippen LogP contribution in [0.1, 0.15) is 30.7 Å². The maximum absolute atomic E-state index is 5.34. The Hall–Kier alpha value is -1.75. The number of pyridine rings is 1. The molecule has 0 N–H and O–H groups in total. The molecule has 1 saturated heterocycles. The van der Waals surface area contributed by atoms with Crippen LogP contribution in [-0.2, 0) is 6.42 Å². The van der Waals surface area contributed by atoms with Crippen molar-refractivity contribution >= 4 is 0 Å². The number of hydrogen-bond acceptors (Lipinski definition) is 5. The zero-order valence-electron chi connectivity index (χ0n) is 11.9. The average Bonchev–Trinajstić information content (AvgIpc) is 3.11. The molecule has 0 unspecified atom stereocenters. The molecule has 0 saturated carbocycles. The van der Waals surface area contributed by atoms with Crippen LogP contribution in [0.15, 0.2) is 23.0 Å². The highest BCUT2D eigenvalue weighted by Crippen LogP contribution is 2.20. The van der Waals surface area contributed by atoms with Crippen LogP contribution in [0.3, 0.4) is 0 Å². The first kappa shape index (κ1) is 13.2. The monoisotopic (exact) mass is 272 g/mol. The van der Waals surface area contributed by atoms with E-state index in [9.17, 15) is 0 Å². The standard InChI is InChI=1S/C15H20N4O/c1-12-6-7-16-11-13(12)15-17-14(18-20-15)5-4-10-19-8-2-3-9-19/h6-7,11H,2-5,8-10H2,1H3. The summed E-state index contributed by atoms with van der Waals surface area (Å²) in [5.74, 6) is 1.37. The zero-order chi connectivity index (χ0) is 13.8. The molecule has 0 bridgehead atoms. The van der Waals surface area contributed by atoms with Crippen molar-refractivity contribution < 1.29 is 4.52 Å². The third-order valence-electron chi connectivity index (χ3n) is 3.81. The van der Waals surface area contributed by atoms with E-state index in [1.807, 2.05) is 13.0 Å². The van der Waals surface area contributed by atoms with Gasteiger partial charge in [0.05, 0.1) is 5.56 Å². The maximum Gasteiger partial charge on any atom is 0.259 e. The highest BCUT2D eigenvalue weighted by Gasteiger charge is 2.13. The molecule has 0 radical (unpaired) electrons. The Balaban J connectivity index is 1.58. The fourth-order valence-electron chi connectivity index (χ4n) is 2.62. The van der Waals surface area contributed by atoms with Crippen molar-refractivity contribution in [3.05, 3.63) is 29.8 Å². The lowest BCUT2D eigenvalue weighted by Gasteiger charge is -2.12. The average molecular weight is 272 g/mol. The van der Waals surface area contributed by atoms with Crippen LogP contribution in [0.4, 0.5) is 0 Å². The van der Waals surface area contributed by atoms with E-state index >= 15 is 0 Å². The normalized spacial score (nSPS) is 15.8. The molecule has 2 aromatic heterocycles. The molecule has 3 rings (SSSR count). The lowest BCUT2D eigenvalue weighted by molar-refractivity contribution is 0.331. The number of rotatable bonds is 5. The molecule has 5 nitrogen and oxygen atoms in total. The van der Waals surface area contributed by atoms with Gasteiger partial charge in [0.2, 0.25) is 0 Å². The van der Waals surface area contributed by atoms with Gasteiger partial charge in [-0.1, -0.05) is 5.16 Å². The molecule has 1 aliphatic heterocycles. The predicted molar refractivity (Wildman–Crippen MR) is 76.3 cm³/mol. The topological polar surface area (TPSA) is 55.1 Å². The van der Waals surface area contributed by atoms with Crippen molar-refractivity contribution in [3.63, 3.8) is 0 Å². The molecular weight excluding hydrogens is 252 g/mol. The van der Waals surface area contributed by atoms with E-state index < -0.39 is 0 Å². The molecule has 3 heterocycles. The van der Waals surface area contributed by atoms with Gasteiger partial charge in [-0.25, -0.2) is 0 Å². The van der Waals surface area contributed by atoms with Crippen molar-refractivity contribution in [2.75, 3.05) is 19.6 Å². The van der Waals surface area contributed by atoms with Gasteiger partial charge in [0.25, 0.3) is 5.89 Å². The van der Waals surface area contributed by atoms with Crippen molar-refractivity contribution in [2.24, 2.45) is 0 Å². The molecule has 5 heteroatoms. The highest BCUT2D eigenvalue weighted by molar-refractivity contribution is 5.56. The summed E-state index contributed by atoms with van der Waals surface area (Å²) in [5, 5.41) is 4.07. The van der Waals surface area contributed by atoms with Gasteiger partial charge in [-0.05, 0) is 57.5 Å². The Morgan fingerprint density at radius 3 is 2.95 bits per heavy atom. The van der Waals surface area contributed by atoms with Crippen LogP contribution in [0.25, 0.3) is 11.5 Å². The molecule has 0 atom stereocenters. The molecular formula is C15H20N4O. The van der Waals surface area contributed by atoms with Gasteiger partial charge in [0, 0.05) is 18.8 Å². The van der Waals surface area contributed by atoms with Gasteiger partial charge < -0.3 is 9.42 Å². The number of aryl methyl sites for hydroxylation is 2. The van der Waals surface area contributed by atoms with Crippen molar-refractivity contribution in [2.45, 2.75) is 32.6 Å². The second kappa shape index (κ2) is 6.13. The summed E-state index contributed by atoms with van der Waals surface area (Å²) in [6.45, 7) is 5.64. The molecule has 2 aromatic rings. The summed E-state index contributed by atoms with van der Waals surface area (Å²) < 4.78 is 5.34. The summed E-state index contributed by atoms with van der Waals surface area (Å²) in [6, 6.07) is 1.95. The Bertz CT molecular complexity index is 561. The number of hydrogen-bond donors (Lipinski definition) is 0. The summed E-state index contributed by atoms with van der Waals surface area (Å²) in [4.78, 5) is 11.1. The second-order valence-electron chi connectivity index (χ2n) is 5.36. The Morgan fingerprint density at radius 2 is 2.15 bits per heavy atom. The van der Waals surface area contributed by atoms with E-state index in [1.54, 1.807) is 12.4 Å². The van der Waals surface area contributed by atoms with Gasteiger partial charge in [0.1, 0.15) is 0 Å². The minimum atomic E-state index is 0.576. The number of aromatic nitrogens is 3. The van der Waals surface area contributed by atoms with Crippen LogP contribution < -0.4 is 0 Å². The quantitative estimate of drug-likeness (QED) is 0.837. The summed E-state index contributed by atoms with van der Waals surface area (Å²) in [6.07, 6.45) is 8.19. The molecule has 20 heavy (non-hydrogen) atoms. The van der Waals surface area contributed by atoms with Crippen LogP contribution in [0, 0.1) is 6.92 Å². The van der Waals surface area contributed by atoms with Gasteiger partial charge in [-0.2, -0.15) is 4.98 Å².